The summed E-state index contributed by atoms with van der Waals surface area (Å²) >= 11 is 0. The molecule has 1 heterocycles. The first-order chi connectivity index (χ1) is 10.8. The third-order valence-electron chi connectivity index (χ3n) is 4.48. The number of para-hydroxylation sites is 1. The maximum absolute atomic E-state index is 9.34. The predicted octanol–water partition coefficient (Wildman–Crippen LogP) is 2.25. The summed E-state index contributed by atoms with van der Waals surface area (Å²) in [6, 6.07) is 10.6. The maximum atomic E-state index is 9.34. The summed E-state index contributed by atoms with van der Waals surface area (Å²) in [7, 11) is 0. The number of rotatable bonds is 6. The van der Waals surface area contributed by atoms with Gasteiger partial charge in [-0.15, -0.1) is 5.10 Å². The van der Waals surface area contributed by atoms with E-state index in [1.165, 1.54) is 19.3 Å². The third-order valence-corrected chi connectivity index (χ3v) is 4.48. The van der Waals surface area contributed by atoms with E-state index >= 15 is 0 Å². The predicted molar refractivity (Wildman–Crippen MR) is 85.7 cm³/mol. The summed E-state index contributed by atoms with van der Waals surface area (Å²) in [5.41, 5.74) is 1.02. The Morgan fingerprint density at radius 3 is 2.77 bits per heavy atom. The van der Waals surface area contributed by atoms with Crippen LogP contribution in [0.5, 0.6) is 0 Å². The zero-order valence-electron chi connectivity index (χ0n) is 13.1. The quantitative estimate of drug-likeness (QED) is 0.889. The minimum Gasteiger partial charge on any atom is -0.395 e. The van der Waals surface area contributed by atoms with E-state index in [1.54, 1.807) is 6.33 Å². The lowest BCUT2D eigenvalue weighted by Gasteiger charge is -2.27. The smallest absolute Gasteiger partial charge is 0.165 e. The molecule has 1 fully saturated rings. The van der Waals surface area contributed by atoms with Crippen LogP contribution in [-0.2, 0) is 6.54 Å². The van der Waals surface area contributed by atoms with Crippen LogP contribution in [-0.4, -0.2) is 44.0 Å². The lowest BCUT2D eigenvalue weighted by atomic mass is 10.1. The maximum Gasteiger partial charge on any atom is 0.165 e. The number of nitrogens with zero attached hydrogens (tertiary/aromatic N) is 4. The average molecular weight is 300 g/mol. The zero-order valence-corrected chi connectivity index (χ0v) is 13.1. The minimum atomic E-state index is 0.185. The molecule has 0 aliphatic heterocycles. The Labute approximate surface area is 131 Å². The van der Waals surface area contributed by atoms with Crippen LogP contribution in [0.2, 0.25) is 0 Å². The van der Waals surface area contributed by atoms with Crippen LogP contribution in [0.15, 0.2) is 36.7 Å². The van der Waals surface area contributed by atoms with Crippen LogP contribution in [0.1, 0.15) is 32.0 Å². The van der Waals surface area contributed by atoms with Gasteiger partial charge < -0.3 is 5.11 Å². The van der Waals surface area contributed by atoms with Crippen LogP contribution in [0, 0.1) is 5.92 Å². The van der Waals surface area contributed by atoms with Gasteiger partial charge in [-0.05, 0) is 37.3 Å². The molecule has 2 aromatic rings. The first kappa shape index (κ1) is 15.2. The summed E-state index contributed by atoms with van der Waals surface area (Å²) in [4.78, 5) is 6.76. The van der Waals surface area contributed by atoms with E-state index in [0.29, 0.717) is 19.1 Å². The highest BCUT2D eigenvalue weighted by Gasteiger charge is 2.27. The highest BCUT2D eigenvalue weighted by atomic mass is 16.3. The van der Waals surface area contributed by atoms with Crippen LogP contribution in [0.25, 0.3) is 5.69 Å². The van der Waals surface area contributed by atoms with E-state index in [4.69, 9.17) is 0 Å². The summed E-state index contributed by atoms with van der Waals surface area (Å²) < 4.78 is 1.81. The van der Waals surface area contributed by atoms with Crippen molar-refractivity contribution in [1.29, 1.82) is 0 Å². The van der Waals surface area contributed by atoms with E-state index in [0.717, 1.165) is 17.4 Å². The molecule has 1 N–H and O–H groups in total. The van der Waals surface area contributed by atoms with E-state index < -0.39 is 0 Å². The summed E-state index contributed by atoms with van der Waals surface area (Å²) in [5.74, 6) is 1.60. The molecule has 5 heteroatoms. The Kier molecular flexibility index (Phi) is 4.85. The SMILES string of the molecule is CC1CCC(N(CCO)Cc2ncn(-c3ccccc3)n2)C1. The molecular weight excluding hydrogens is 276 g/mol. The summed E-state index contributed by atoms with van der Waals surface area (Å²) in [5, 5.41) is 13.9. The normalized spacial score (nSPS) is 21.6. The lowest BCUT2D eigenvalue weighted by Crippen LogP contribution is -2.35. The largest absolute Gasteiger partial charge is 0.395 e. The number of aliphatic hydroxyl groups is 1. The van der Waals surface area contributed by atoms with Gasteiger partial charge in [-0.1, -0.05) is 25.1 Å². The van der Waals surface area contributed by atoms with Gasteiger partial charge in [-0.25, -0.2) is 9.67 Å². The van der Waals surface area contributed by atoms with Gasteiger partial charge in [-0.2, -0.15) is 0 Å². The fourth-order valence-electron chi connectivity index (χ4n) is 3.28. The van der Waals surface area contributed by atoms with Gasteiger partial charge in [0.25, 0.3) is 0 Å². The van der Waals surface area contributed by atoms with Crippen molar-refractivity contribution < 1.29 is 5.11 Å². The molecule has 0 bridgehead atoms. The van der Waals surface area contributed by atoms with E-state index in [9.17, 15) is 5.11 Å². The second-order valence-electron chi connectivity index (χ2n) is 6.21. The molecule has 118 valence electrons. The van der Waals surface area contributed by atoms with Crippen molar-refractivity contribution in [1.82, 2.24) is 19.7 Å². The van der Waals surface area contributed by atoms with E-state index in [-0.39, 0.29) is 6.61 Å². The fourth-order valence-corrected chi connectivity index (χ4v) is 3.28. The van der Waals surface area contributed by atoms with E-state index in [1.807, 2.05) is 35.0 Å². The van der Waals surface area contributed by atoms with Crippen molar-refractivity contribution in [3.8, 4) is 5.69 Å². The number of aromatic nitrogens is 3. The molecule has 1 saturated carbocycles. The van der Waals surface area contributed by atoms with Crippen molar-refractivity contribution in [2.24, 2.45) is 5.92 Å². The van der Waals surface area contributed by atoms with Gasteiger partial charge >= 0.3 is 0 Å². The van der Waals surface area contributed by atoms with Crippen molar-refractivity contribution in [2.45, 2.75) is 38.8 Å². The van der Waals surface area contributed by atoms with Gasteiger partial charge in [0.2, 0.25) is 0 Å². The van der Waals surface area contributed by atoms with Crippen molar-refractivity contribution in [3.63, 3.8) is 0 Å². The first-order valence-electron chi connectivity index (χ1n) is 8.07. The molecule has 2 atom stereocenters. The Morgan fingerprint density at radius 1 is 1.27 bits per heavy atom. The molecule has 0 saturated heterocycles. The number of hydrogen-bond acceptors (Lipinski definition) is 4. The average Bonchev–Trinajstić information content (AvgIpc) is 3.17. The molecule has 5 nitrogen and oxygen atoms in total. The standard InChI is InChI=1S/C17H24N4O/c1-14-7-8-16(11-14)20(9-10-22)12-17-18-13-21(19-17)15-5-3-2-4-6-15/h2-6,13-14,16,22H,7-12H2,1H3. The van der Waals surface area contributed by atoms with Gasteiger partial charge in [0.1, 0.15) is 6.33 Å². The van der Waals surface area contributed by atoms with Crippen LogP contribution in [0.3, 0.4) is 0 Å². The second kappa shape index (κ2) is 7.03. The van der Waals surface area contributed by atoms with Gasteiger partial charge in [0.05, 0.1) is 18.8 Å². The molecule has 3 rings (SSSR count). The molecular formula is C17H24N4O. The van der Waals surface area contributed by atoms with Gasteiger partial charge in [0, 0.05) is 12.6 Å². The van der Waals surface area contributed by atoms with Crippen LogP contribution < -0.4 is 0 Å². The number of aliphatic hydroxyl groups excluding tert-OH is 1. The molecule has 0 amide bonds. The van der Waals surface area contributed by atoms with Crippen molar-refractivity contribution in [2.75, 3.05) is 13.2 Å². The van der Waals surface area contributed by atoms with Crippen molar-refractivity contribution >= 4 is 0 Å². The van der Waals surface area contributed by atoms with Gasteiger partial charge in [-0.3, -0.25) is 4.90 Å². The molecule has 1 aliphatic carbocycles. The Hall–Kier alpha value is -1.72. The second-order valence-corrected chi connectivity index (χ2v) is 6.21. The molecule has 1 aromatic carbocycles. The summed E-state index contributed by atoms with van der Waals surface area (Å²) in [6.45, 7) is 3.89. The summed E-state index contributed by atoms with van der Waals surface area (Å²) in [6.07, 6.45) is 5.46. The number of hydrogen-bond donors (Lipinski definition) is 1. The van der Waals surface area contributed by atoms with Crippen LogP contribution >= 0.6 is 0 Å². The molecule has 1 aliphatic rings. The third kappa shape index (κ3) is 3.54. The Morgan fingerprint density at radius 2 is 2.09 bits per heavy atom. The Bertz CT molecular complexity index is 583. The highest BCUT2D eigenvalue weighted by molar-refractivity contribution is 5.29. The molecule has 0 radical (unpaired) electrons. The van der Waals surface area contributed by atoms with E-state index in [2.05, 4.69) is 21.9 Å². The highest BCUT2D eigenvalue weighted by Crippen LogP contribution is 2.29. The number of benzene rings is 1. The lowest BCUT2D eigenvalue weighted by molar-refractivity contribution is 0.140. The Balaban J connectivity index is 1.69. The first-order valence-corrected chi connectivity index (χ1v) is 8.07. The molecule has 0 spiro atoms. The minimum absolute atomic E-state index is 0.185. The molecule has 2 unspecified atom stereocenters. The van der Waals surface area contributed by atoms with Gasteiger partial charge in [0.15, 0.2) is 5.82 Å². The topological polar surface area (TPSA) is 54.2 Å². The van der Waals surface area contributed by atoms with Crippen LogP contribution in [0.4, 0.5) is 0 Å². The van der Waals surface area contributed by atoms with Crippen molar-refractivity contribution in [3.05, 3.63) is 42.5 Å². The fraction of sp³-hybridized carbons (Fsp3) is 0.529. The monoisotopic (exact) mass is 300 g/mol. The molecule has 1 aromatic heterocycles. The zero-order chi connectivity index (χ0) is 15.4. The molecule has 22 heavy (non-hydrogen) atoms.